The number of thiol groups is 1. The molecule has 2 rings (SSSR count). The van der Waals surface area contributed by atoms with Gasteiger partial charge in [0, 0.05) is 15.3 Å². The van der Waals surface area contributed by atoms with E-state index in [4.69, 9.17) is 0 Å². The molecule has 0 fully saturated rings. The number of fused-ring (bicyclic) bond motifs is 1. The van der Waals surface area contributed by atoms with Gasteiger partial charge in [-0.05, 0) is 29.7 Å². The lowest BCUT2D eigenvalue weighted by molar-refractivity contribution is 0.476. The molecule has 0 saturated heterocycles. The van der Waals surface area contributed by atoms with Crippen LogP contribution in [0.2, 0.25) is 0 Å². The highest BCUT2D eigenvalue weighted by Crippen LogP contribution is 2.29. The second kappa shape index (κ2) is 2.99. The van der Waals surface area contributed by atoms with E-state index in [0.717, 1.165) is 11.1 Å². The first-order valence-corrected chi connectivity index (χ1v) is 5.07. The molecule has 0 aliphatic carbocycles. The summed E-state index contributed by atoms with van der Waals surface area (Å²) in [6, 6.07) is 7.48. The van der Waals surface area contributed by atoms with Gasteiger partial charge in [0.05, 0.1) is 0 Å². The Morgan fingerprint density at radius 2 is 2.17 bits per heavy atom. The van der Waals surface area contributed by atoms with Crippen LogP contribution in [0, 0.1) is 0 Å². The van der Waals surface area contributed by atoms with Gasteiger partial charge in [0.2, 0.25) is 0 Å². The molecule has 12 heavy (non-hydrogen) atoms. The van der Waals surface area contributed by atoms with E-state index in [9.17, 15) is 5.11 Å². The van der Waals surface area contributed by atoms with Crippen molar-refractivity contribution in [3.63, 3.8) is 0 Å². The minimum atomic E-state index is 0.325. The van der Waals surface area contributed by atoms with Crippen LogP contribution in [0.5, 0.6) is 5.75 Å². The van der Waals surface area contributed by atoms with Gasteiger partial charge in [0.1, 0.15) is 5.75 Å². The molecule has 1 nitrogen and oxygen atoms in total. The number of phenols is 1. The molecule has 1 N–H and O–H groups in total. The van der Waals surface area contributed by atoms with Crippen molar-refractivity contribution < 1.29 is 5.11 Å². The molecule has 1 aromatic carbocycles. The van der Waals surface area contributed by atoms with Crippen LogP contribution in [0.25, 0.3) is 10.1 Å². The van der Waals surface area contributed by atoms with E-state index in [2.05, 4.69) is 18.7 Å². The SMILES string of the molecule is Oc1ccc2sc(CS)cc2c1. The molecule has 0 amide bonds. The molecule has 3 heteroatoms. The fourth-order valence-corrected chi connectivity index (χ4v) is 2.35. The number of aromatic hydroxyl groups is 1. The molecule has 0 saturated carbocycles. The van der Waals surface area contributed by atoms with E-state index < -0.39 is 0 Å². The highest BCUT2D eigenvalue weighted by Gasteiger charge is 2.00. The molecular formula is C9H8OS2. The smallest absolute Gasteiger partial charge is 0.116 e. The quantitative estimate of drug-likeness (QED) is 0.672. The van der Waals surface area contributed by atoms with Gasteiger partial charge in [-0.3, -0.25) is 0 Å². The van der Waals surface area contributed by atoms with Crippen LogP contribution >= 0.6 is 24.0 Å². The maximum atomic E-state index is 9.20. The van der Waals surface area contributed by atoms with Crippen molar-refractivity contribution in [2.45, 2.75) is 5.75 Å². The summed E-state index contributed by atoms with van der Waals surface area (Å²) in [6.07, 6.45) is 0. The lowest BCUT2D eigenvalue weighted by atomic mass is 10.2. The number of thiophene rings is 1. The lowest BCUT2D eigenvalue weighted by Crippen LogP contribution is -1.63. The predicted molar refractivity (Wildman–Crippen MR) is 56.2 cm³/mol. The molecule has 0 radical (unpaired) electrons. The van der Waals surface area contributed by atoms with Crippen LogP contribution in [0.15, 0.2) is 24.3 Å². The number of benzene rings is 1. The van der Waals surface area contributed by atoms with Crippen LogP contribution in [-0.4, -0.2) is 5.11 Å². The lowest BCUT2D eigenvalue weighted by Gasteiger charge is -1.89. The van der Waals surface area contributed by atoms with Crippen molar-refractivity contribution in [3.8, 4) is 5.75 Å². The Morgan fingerprint density at radius 3 is 2.92 bits per heavy atom. The second-order valence-electron chi connectivity index (χ2n) is 2.59. The van der Waals surface area contributed by atoms with Gasteiger partial charge in [-0.2, -0.15) is 12.6 Å². The Morgan fingerprint density at radius 1 is 1.33 bits per heavy atom. The van der Waals surface area contributed by atoms with Gasteiger partial charge in [0.15, 0.2) is 0 Å². The Bertz CT molecular complexity index is 406. The maximum Gasteiger partial charge on any atom is 0.116 e. The molecule has 0 spiro atoms. The van der Waals surface area contributed by atoms with Gasteiger partial charge in [0.25, 0.3) is 0 Å². The molecule has 2 aromatic rings. The van der Waals surface area contributed by atoms with Crippen molar-refractivity contribution in [2.24, 2.45) is 0 Å². The van der Waals surface area contributed by atoms with Crippen LogP contribution in [0.3, 0.4) is 0 Å². The summed E-state index contributed by atoms with van der Waals surface area (Å²) >= 11 is 5.91. The number of rotatable bonds is 1. The fraction of sp³-hybridized carbons (Fsp3) is 0.111. The zero-order valence-electron chi connectivity index (χ0n) is 6.32. The van der Waals surface area contributed by atoms with E-state index in [1.807, 2.05) is 6.07 Å². The number of hydrogen-bond donors (Lipinski definition) is 2. The van der Waals surface area contributed by atoms with Crippen LogP contribution in [0.1, 0.15) is 4.88 Å². The normalized spacial score (nSPS) is 10.8. The highest BCUT2D eigenvalue weighted by molar-refractivity contribution is 7.79. The van der Waals surface area contributed by atoms with Crippen LogP contribution in [0.4, 0.5) is 0 Å². The van der Waals surface area contributed by atoms with Crippen LogP contribution < -0.4 is 0 Å². The summed E-state index contributed by atoms with van der Waals surface area (Å²) in [5.41, 5.74) is 0. The summed E-state index contributed by atoms with van der Waals surface area (Å²) < 4.78 is 1.21. The van der Waals surface area contributed by atoms with Crippen molar-refractivity contribution in [1.29, 1.82) is 0 Å². The summed E-state index contributed by atoms with van der Waals surface area (Å²) in [5.74, 6) is 1.09. The Labute approximate surface area is 80.1 Å². The molecule has 1 heterocycles. The molecule has 62 valence electrons. The summed E-state index contributed by atoms with van der Waals surface area (Å²) in [4.78, 5) is 1.24. The first-order chi connectivity index (χ1) is 5.79. The van der Waals surface area contributed by atoms with Gasteiger partial charge in [-0.15, -0.1) is 11.3 Å². The summed E-state index contributed by atoms with van der Waals surface area (Å²) in [5, 5.41) is 10.3. The third-order valence-corrected chi connectivity index (χ3v) is 3.38. The van der Waals surface area contributed by atoms with Gasteiger partial charge in [-0.1, -0.05) is 0 Å². The van der Waals surface area contributed by atoms with E-state index in [1.54, 1.807) is 23.5 Å². The number of phenolic OH excluding ortho intramolecular Hbond substituents is 1. The van der Waals surface area contributed by atoms with Crippen LogP contribution in [-0.2, 0) is 5.75 Å². The first kappa shape index (κ1) is 7.95. The molecule has 0 atom stereocenters. The van der Waals surface area contributed by atoms with Crippen molar-refractivity contribution in [3.05, 3.63) is 29.1 Å². The standard InChI is InChI=1S/C9H8OS2/c10-7-1-2-9-6(3-7)4-8(5-11)12-9/h1-4,10-11H,5H2. The van der Waals surface area contributed by atoms with Gasteiger partial charge < -0.3 is 5.11 Å². The topological polar surface area (TPSA) is 20.2 Å². The monoisotopic (exact) mass is 196 g/mol. The zero-order valence-corrected chi connectivity index (χ0v) is 8.03. The second-order valence-corrected chi connectivity index (χ2v) is 4.08. The molecular weight excluding hydrogens is 188 g/mol. The molecule has 1 aromatic heterocycles. The Balaban J connectivity index is 2.67. The van der Waals surface area contributed by atoms with Crippen molar-refractivity contribution in [2.75, 3.05) is 0 Å². The molecule has 0 unspecified atom stereocenters. The minimum Gasteiger partial charge on any atom is -0.508 e. The zero-order chi connectivity index (χ0) is 8.55. The van der Waals surface area contributed by atoms with Crippen molar-refractivity contribution >= 4 is 34.1 Å². The number of hydrogen-bond acceptors (Lipinski definition) is 3. The van der Waals surface area contributed by atoms with Crippen molar-refractivity contribution in [1.82, 2.24) is 0 Å². The molecule has 0 aliphatic rings. The summed E-state index contributed by atoms with van der Waals surface area (Å²) in [7, 11) is 0. The minimum absolute atomic E-state index is 0.325. The summed E-state index contributed by atoms with van der Waals surface area (Å²) in [6.45, 7) is 0. The van der Waals surface area contributed by atoms with Gasteiger partial charge in [-0.25, -0.2) is 0 Å². The highest BCUT2D eigenvalue weighted by atomic mass is 32.1. The average molecular weight is 196 g/mol. The largest absolute Gasteiger partial charge is 0.508 e. The molecule has 0 aliphatic heterocycles. The predicted octanol–water partition coefficient (Wildman–Crippen LogP) is 3.04. The third-order valence-electron chi connectivity index (χ3n) is 1.71. The van der Waals surface area contributed by atoms with E-state index in [-0.39, 0.29) is 0 Å². The maximum absolute atomic E-state index is 9.20. The Kier molecular flexibility index (Phi) is 1.98. The third kappa shape index (κ3) is 1.30. The average Bonchev–Trinajstić information content (AvgIpc) is 2.46. The van der Waals surface area contributed by atoms with E-state index >= 15 is 0 Å². The fourth-order valence-electron chi connectivity index (χ4n) is 1.16. The van der Waals surface area contributed by atoms with Gasteiger partial charge >= 0.3 is 0 Å². The molecule has 0 bridgehead atoms. The first-order valence-electron chi connectivity index (χ1n) is 3.62. The van der Waals surface area contributed by atoms with E-state index in [0.29, 0.717) is 5.75 Å². The Hall–Kier alpha value is -0.670. The van der Waals surface area contributed by atoms with E-state index in [1.165, 1.54) is 9.58 Å².